The lowest BCUT2D eigenvalue weighted by molar-refractivity contribution is -0.0778. The van der Waals surface area contributed by atoms with Crippen molar-refractivity contribution in [3.05, 3.63) is 58.8 Å². The molecule has 8 nitrogen and oxygen atoms in total. The average Bonchev–Trinajstić information content (AvgIpc) is 3.22. The third-order valence-electron chi connectivity index (χ3n) is 6.55. The monoisotopic (exact) mass is 431 g/mol. The van der Waals surface area contributed by atoms with Crippen LogP contribution in [0.1, 0.15) is 18.4 Å². The van der Waals surface area contributed by atoms with Gasteiger partial charge in [-0.15, -0.1) is 0 Å². The molecule has 0 aliphatic carbocycles. The van der Waals surface area contributed by atoms with Gasteiger partial charge in [-0.2, -0.15) is 0 Å². The van der Waals surface area contributed by atoms with Gasteiger partial charge < -0.3 is 18.9 Å². The number of hydrogen-bond donors (Lipinski definition) is 1. The highest BCUT2D eigenvalue weighted by molar-refractivity contribution is 5.84. The minimum atomic E-state index is -0.185. The fraction of sp³-hybridized carbons (Fsp3) is 0.375. The molecular formula is C24H25N5O3. The van der Waals surface area contributed by atoms with Gasteiger partial charge in [0.2, 0.25) is 0 Å². The number of likely N-dealkylation sites (tertiary alicyclic amines) is 1. The number of aryl methyl sites for hydroxylation is 1. The van der Waals surface area contributed by atoms with Gasteiger partial charge in [0, 0.05) is 24.8 Å². The average molecular weight is 431 g/mol. The second kappa shape index (κ2) is 7.72. The van der Waals surface area contributed by atoms with Crippen molar-refractivity contribution < 1.29 is 9.47 Å². The molecule has 4 aromatic rings. The third-order valence-corrected chi connectivity index (χ3v) is 6.55. The van der Waals surface area contributed by atoms with Crippen molar-refractivity contribution in [2.24, 2.45) is 0 Å². The Morgan fingerprint density at radius 3 is 2.81 bits per heavy atom. The standard InChI is InChI=1S/C24H25N5O3/c1-15-9-19(32-18-4-7-28(8-5-18)17-12-31-13-17)11-20-22(15)26-23(27-24(20)30)21-10-16-3-2-6-29(16)14-25-21/h2-3,6,9-11,14,17-18H,4-5,7-8,12-13H2,1H3,(H,26,27,30). The molecule has 8 heteroatoms. The summed E-state index contributed by atoms with van der Waals surface area (Å²) in [5, 5.41) is 0.538. The molecule has 2 aliphatic heterocycles. The number of aromatic nitrogens is 4. The zero-order chi connectivity index (χ0) is 21.7. The molecule has 2 fully saturated rings. The van der Waals surface area contributed by atoms with E-state index in [1.54, 1.807) is 6.33 Å². The SMILES string of the molecule is Cc1cc(OC2CCN(C3COC3)CC2)cc2c(=O)[nH]c(-c3cc4cccn4cn3)nc12. The van der Waals surface area contributed by atoms with Crippen LogP contribution >= 0.6 is 0 Å². The second-order valence-corrected chi connectivity index (χ2v) is 8.71. The maximum absolute atomic E-state index is 12.9. The first-order chi connectivity index (χ1) is 15.6. The molecule has 32 heavy (non-hydrogen) atoms. The van der Waals surface area contributed by atoms with E-state index in [2.05, 4.69) is 14.9 Å². The maximum Gasteiger partial charge on any atom is 0.259 e. The van der Waals surface area contributed by atoms with E-state index in [1.807, 2.05) is 47.9 Å². The Labute approximate surface area is 184 Å². The number of benzene rings is 1. The molecular weight excluding hydrogens is 406 g/mol. The molecule has 1 aromatic carbocycles. The molecule has 0 spiro atoms. The van der Waals surface area contributed by atoms with Gasteiger partial charge in [-0.05, 0) is 55.7 Å². The summed E-state index contributed by atoms with van der Waals surface area (Å²) in [6, 6.07) is 10.2. The summed E-state index contributed by atoms with van der Waals surface area (Å²) in [6.45, 7) is 5.71. The first-order valence-electron chi connectivity index (χ1n) is 11.1. The van der Waals surface area contributed by atoms with Crippen molar-refractivity contribution in [1.29, 1.82) is 0 Å². The van der Waals surface area contributed by atoms with Crippen LogP contribution in [0, 0.1) is 6.92 Å². The Morgan fingerprint density at radius 2 is 2.03 bits per heavy atom. The number of ether oxygens (including phenoxy) is 2. The fourth-order valence-corrected chi connectivity index (χ4v) is 4.62. The molecule has 2 saturated heterocycles. The topological polar surface area (TPSA) is 84.8 Å². The van der Waals surface area contributed by atoms with Crippen LogP contribution < -0.4 is 10.3 Å². The number of nitrogens with zero attached hydrogens (tertiary/aromatic N) is 4. The Kier molecular flexibility index (Phi) is 4.69. The van der Waals surface area contributed by atoms with Crippen molar-refractivity contribution in [2.45, 2.75) is 31.9 Å². The van der Waals surface area contributed by atoms with Crippen LogP contribution in [0.4, 0.5) is 0 Å². The number of fused-ring (bicyclic) bond motifs is 2. The first kappa shape index (κ1) is 19.5. The molecule has 0 saturated carbocycles. The lowest BCUT2D eigenvalue weighted by atomic mass is 10.0. The predicted molar refractivity (Wildman–Crippen MR) is 121 cm³/mol. The molecule has 2 aliphatic rings. The van der Waals surface area contributed by atoms with Crippen LogP contribution in [0.15, 0.2) is 47.7 Å². The number of H-pyrrole nitrogens is 1. The molecule has 3 aromatic heterocycles. The third kappa shape index (κ3) is 3.45. The molecule has 0 bridgehead atoms. The van der Waals surface area contributed by atoms with Crippen molar-refractivity contribution in [1.82, 2.24) is 24.3 Å². The van der Waals surface area contributed by atoms with Crippen LogP contribution in [-0.4, -0.2) is 62.7 Å². The smallest absolute Gasteiger partial charge is 0.259 e. The van der Waals surface area contributed by atoms with E-state index in [0.29, 0.717) is 28.5 Å². The van der Waals surface area contributed by atoms with Gasteiger partial charge >= 0.3 is 0 Å². The highest BCUT2D eigenvalue weighted by Crippen LogP contribution is 2.27. The van der Waals surface area contributed by atoms with Gasteiger partial charge in [0.25, 0.3) is 5.56 Å². The van der Waals surface area contributed by atoms with E-state index in [9.17, 15) is 4.79 Å². The zero-order valence-corrected chi connectivity index (χ0v) is 18.0. The Morgan fingerprint density at radius 1 is 1.19 bits per heavy atom. The van der Waals surface area contributed by atoms with Crippen molar-refractivity contribution in [2.75, 3.05) is 26.3 Å². The van der Waals surface area contributed by atoms with Crippen molar-refractivity contribution >= 4 is 16.4 Å². The number of rotatable bonds is 4. The van der Waals surface area contributed by atoms with Gasteiger partial charge in [-0.3, -0.25) is 9.69 Å². The molecule has 0 amide bonds. The number of aromatic amines is 1. The Hall–Kier alpha value is -3.23. The van der Waals surface area contributed by atoms with Crippen LogP contribution in [-0.2, 0) is 4.74 Å². The lowest BCUT2D eigenvalue weighted by Gasteiger charge is -2.41. The van der Waals surface area contributed by atoms with Gasteiger partial charge in [0.05, 0.1) is 36.5 Å². The van der Waals surface area contributed by atoms with E-state index < -0.39 is 0 Å². The molecule has 5 heterocycles. The second-order valence-electron chi connectivity index (χ2n) is 8.71. The quantitative estimate of drug-likeness (QED) is 0.535. The zero-order valence-electron chi connectivity index (χ0n) is 18.0. The molecule has 6 rings (SSSR count). The van der Waals surface area contributed by atoms with E-state index in [0.717, 1.165) is 56.0 Å². The van der Waals surface area contributed by atoms with Crippen molar-refractivity contribution in [3.8, 4) is 17.3 Å². The van der Waals surface area contributed by atoms with Crippen LogP contribution in [0.3, 0.4) is 0 Å². The normalized spacial score (nSPS) is 18.3. The van der Waals surface area contributed by atoms with Gasteiger partial charge in [-0.1, -0.05) is 0 Å². The molecule has 164 valence electrons. The number of nitrogens with one attached hydrogen (secondary N) is 1. The summed E-state index contributed by atoms with van der Waals surface area (Å²) < 4.78 is 13.5. The first-order valence-corrected chi connectivity index (χ1v) is 11.1. The minimum absolute atomic E-state index is 0.161. The van der Waals surface area contributed by atoms with Crippen LogP contribution in [0.25, 0.3) is 27.9 Å². The summed E-state index contributed by atoms with van der Waals surface area (Å²) in [5.74, 6) is 1.20. The predicted octanol–water partition coefficient (Wildman–Crippen LogP) is 2.79. The summed E-state index contributed by atoms with van der Waals surface area (Å²) >= 11 is 0. The number of hydrogen-bond acceptors (Lipinski definition) is 6. The summed E-state index contributed by atoms with van der Waals surface area (Å²) in [6.07, 6.45) is 5.78. The minimum Gasteiger partial charge on any atom is -0.490 e. The highest BCUT2D eigenvalue weighted by atomic mass is 16.5. The summed E-state index contributed by atoms with van der Waals surface area (Å²) in [4.78, 5) is 27.5. The van der Waals surface area contributed by atoms with Crippen LogP contribution in [0.2, 0.25) is 0 Å². The molecule has 1 N–H and O–H groups in total. The van der Waals surface area contributed by atoms with E-state index in [-0.39, 0.29) is 11.7 Å². The fourth-order valence-electron chi connectivity index (χ4n) is 4.62. The van der Waals surface area contributed by atoms with Crippen molar-refractivity contribution in [3.63, 3.8) is 0 Å². The maximum atomic E-state index is 12.9. The van der Waals surface area contributed by atoms with Gasteiger partial charge in [0.15, 0.2) is 5.82 Å². The van der Waals surface area contributed by atoms with E-state index >= 15 is 0 Å². The van der Waals surface area contributed by atoms with Crippen LogP contribution in [0.5, 0.6) is 5.75 Å². The molecule has 0 atom stereocenters. The number of piperidine rings is 1. The summed E-state index contributed by atoms with van der Waals surface area (Å²) in [5.41, 5.74) is 3.04. The molecule has 0 radical (unpaired) electrons. The Bertz CT molecular complexity index is 1350. The van der Waals surface area contributed by atoms with E-state index in [1.165, 1.54) is 0 Å². The Balaban J connectivity index is 1.26. The summed E-state index contributed by atoms with van der Waals surface area (Å²) in [7, 11) is 0. The van der Waals surface area contributed by atoms with E-state index in [4.69, 9.17) is 14.5 Å². The van der Waals surface area contributed by atoms with Gasteiger partial charge in [-0.25, -0.2) is 9.97 Å². The molecule has 0 unspecified atom stereocenters. The highest BCUT2D eigenvalue weighted by Gasteiger charge is 2.30. The largest absolute Gasteiger partial charge is 0.490 e. The lowest BCUT2D eigenvalue weighted by Crippen LogP contribution is -2.52. The van der Waals surface area contributed by atoms with Gasteiger partial charge in [0.1, 0.15) is 17.5 Å².